The summed E-state index contributed by atoms with van der Waals surface area (Å²) in [4.78, 5) is 0. The van der Waals surface area contributed by atoms with Gasteiger partial charge in [0.2, 0.25) is 10.0 Å². The Balaban J connectivity index is 1.57. The monoisotopic (exact) mass is 317 g/mol. The first-order chi connectivity index (χ1) is 10.6. The maximum atomic E-state index is 12.1. The Morgan fingerprint density at radius 3 is 2.45 bits per heavy atom. The van der Waals surface area contributed by atoms with Crippen LogP contribution in [0, 0.1) is 0 Å². The number of ether oxygens (including phenoxy) is 1. The molecule has 116 valence electrons. The Labute approximate surface area is 131 Å². The fourth-order valence-electron chi connectivity index (χ4n) is 2.60. The smallest absolute Gasteiger partial charge is 0.215 e. The van der Waals surface area contributed by atoms with Crippen molar-refractivity contribution in [2.24, 2.45) is 0 Å². The van der Waals surface area contributed by atoms with Crippen molar-refractivity contribution in [1.82, 2.24) is 4.72 Å². The molecule has 1 heterocycles. The van der Waals surface area contributed by atoms with Gasteiger partial charge in [0.25, 0.3) is 0 Å². The van der Waals surface area contributed by atoms with Gasteiger partial charge >= 0.3 is 0 Å². The topological polar surface area (TPSA) is 55.4 Å². The fourth-order valence-corrected chi connectivity index (χ4v) is 3.78. The fraction of sp³-hybridized carbons (Fsp3) is 0.294. The van der Waals surface area contributed by atoms with Crippen LogP contribution in [0.2, 0.25) is 0 Å². The average molecular weight is 317 g/mol. The van der Waals surface area contributed by atoms with Gasteiger partial charge in [0, 0.05) is 13.0 Å². The van der Waals surface area contributed by atoms with Crippen molar-refractivity contribution >= 4 is 10.0 Å². The van der Waals surface area contributed by atoms with Gasteiger partial charge in [-0.25, -0.2) is 13.1 Å². The SMILES string of the molecule is O=S(=O)(Cc1ccccc1)NCC1Cc2ccccc2CO1. The number of sulfonamides is 1. The predicted octanol–water partition coefficient (Wildman–Crippen LogP) is 2.25. The Morgan fingerprint density at radius 2 is 1.68 bits per heavy atom. The first-order valence-electron chi connectivity index (χ1n) is 7.32. The molecule has 2 aromatic carbocycles. The van der Waals surface area contributed by atoms with Crippen molar-refractivity contribution in [3.63, 3.8) is 0 Å². The summed E-state index contributed by atoms with van der Waals surface area (Å²) >= 11 is 0. The third-order valence-electron chi connectivity index (χ3n) is 3.77. The van der Waals surface area contributed by atoms with Crippen molar-refractivity contribution in [1.29, 1.82) is 0 Å². The Morgan fingerprint density at radius 1 is 1.00 bits per heavy atom. The first-order valence-corrected chi connectivity index (χ1v) is 8.97. The molecular formula is C17H19NO3S. The molecule has 0 amide bonds. The summed E-state index contributed by atoms with van der Waals surface area (Å²) in [5.41, 5.74) is 3.21. The zero-order valence-corrected chi connectivity index (χ0v) is 13.1. The van der Waals surface area contributed by atoms with E-state index in [9.17, 15) is 8.42 Å². The number of nitrogens with one attached hydrogen (secondary N) is 1. The second kappa shape index (κ2) is 6.60. The molecule has 0 saturated carbocycles. The van der Waals surface area contributed by atoms with Gasteiger partial charge in [0.15, 0.2) is 0 Å². The quantitative estimate of drug-likeness (QED) is 0.920. The van der Waals surface area contributed by atoms with E-state index < -0.39 is 10.0 Å². The van der Waals surface area contributed by atoms with Gasteiger partial charge in [-0.05, 0) is 16.7 Å². The highest BCUT2D eigenvalue weighted by Gasteiger charge is 2.21. The molecule has 1 N–H and O–H groups in total. The van der Waals surface area contributed by atoms with Crippen molar-refractivity contribution < 1.29 is 13.2 Å². The molecular weight excluding hydrogens is 298 g/mol. The van der Waals surface area contributed by atoms with Crippen LogP contribution in [0.5, 0.6) is 0 Å². The number of rotatable bonds is 5. The molecule has 1 aliphatic rings. The van der Waals surface area contributed by atoms with Crippen molar-refractivity contribution in [3.8, 4) is 0 Å². The molecule has 22 heavy (non-hydrogen) atoms. The van der Waals surface area contributed by atoms with Gasteiger partial charge < -0.3 is 4.74 Å². The van der Waals surface area contributed by atoms with Crippen LogP contribution >= 0.6 is 0 Å². The molecule has 0 fully saturated rings. The minimum absolute atomic E-state index is 0.00283. The highest BCUT2D eigenvalue weighted by atomic mass is 32.2. The molecule has 0 radical (unpaired) electrons. The lowest BCUT2D eigenvalue weighted by Gasteiger charge is -2.25. The molecule has 1 atom stereocenters. The Bertz CT molecular complexity index is 729. The third kappa shape index (κ3) is 3.94. The molecule has 0 aromatic heterocycles. The van der Waals surface area contributed by atoms with E-state index in [4.69, 9.17) is 4.74 Å². The van der Waals surface area contributed by atoms with Crippen molar-refractivity contribution in [2.75, 3.05) is 6.54 Å². The zero-order chi connectivity index (χ0) is 15.4. The van der Waals surface area contributed by atoms with Crippen LogP contribution in [0.4, 0.5) is 0 Å². The molecule has 0 aliphatic carbocycles. The number of benzene rings is 2. The number of hydrogen-bond donors (Lipinski definition) is 1. The van der Waals surface area contributed by atoms with Crippen molar-refractivity contribution in [3.05, 3.63) is 71.3 Å². The predicted molar refractivity (Wildman–Crippen MR) is 85.8 cm³/mol. The van der Waals surface area contributed by atoms with Gasteiger partial charge in [-0.15, -0.1) is 0 Å². The summed E-state index contributed by atoms with van der Waals surface area (Å²) in [5.74, 6) is -0.00283. The summed E-state index contributed by atoms with van der Waals surface area (Å²) in [6, 6.07) is 17.3. The number of fused-ring (bicyclic) bond motifs is 1. The molecule has 2 aromatic rings. The van der Waals surface area contributed by atoms with Crippen LogP contribution in [0.15, 0.2) is 54.6 Å². The highest BCUT2D eigenvalue weighted by Crippen LogP contribution is 2.20. The molecule has 1 unspecified atom stereocenters. The summed E-state index contributed by atoms with van der Waals surface area (Å²) in [7, 11) is -3.34. The van der Waals surface area contributed by atoms with Gasteiger partial charge in [-0.1, -0.05) is 54.6 Å². The zero-order valence-electron chi connectivity index (χ0n) is 12.2. The lowest BCUT2D eigenvalue weighted by Crippen LogP contribution is -2.37. The van der Waals surface area contributed by atoms with E-state index in [2.05, 4.69) is 10.8 Å². The lowest BCUT2D eigenvalue weighted by atomic mass is 9.99. The van der Waals surface area contributed by atoms with E-state index in [0.717, 1.165) is 12.0 Å². The van der Waals surface area contributed by atoms with Crippen LogP contribution in [0.1, 0.15) is 16.7 Å². The molecule has 4 nitrogen and oxygen atoms in total. The first kappa shape index (κ1) is 15.2. The standard InChI is InChI=1S/C17H19NO3S/c19-22(20,13-14-6-2-1-3-7-14)18-11-17-10-15-8-4-5-9-16(15)12-21-17/h1-9,17-18H,10-13H2. The van der Waals surface area contributed by atoms with E-state index >= 15 is 0 Å². The normalized spacial score (nSPS) is 17.9. The van der Waals surface area contributed by atoms with Gasteiger partial charge in [0.05, 0.1) is 18.5 Å². The maximum Gasteiger partial charge on any atom is 0.215 e. The van der Waals surface area contributed by atoms with Crippen LogP contribution in [-0.4, -0.2) is 21.1 Å². The van der Waals surface area contributed by atoms with Crippen LogP contribution in [0.3, 0.4) is 0 Å². The Hall–Kier alpha value is -1.69. The minimum Gasteiger partial charge on any atom is -0.372 e. The molecule has 0 bridgehead atoms. The van der Waals surface area contributed by atoms with Crippen LogP contribution in [-0.2, 0) is 33.5 Å². The molecule has 5 heteroatoms. The van der Waals surface area contributed by atoms with Gasteiger partial charge in [0.1, 0.15) is 0 Å². The van der Waals surface area contributed by atoms with Crippen molar-refractivity contribution in [2.45, 2.75) is 24.9 Å². The lowest BCUT2D eigenvalue weighted by molar-refractivity contribution is 0.0322. The summed E-state index contributed by atoms with van der Waals surface area (Å²) in [5, 5.41) is 0. The van der Waals surface area contributed by atoms with E-state index in [0.29, 0.717) is 13.2 Å². The van der Waals surface area contributed by atoms with Gasteiger partial charge in [-0.2, -0.15) is 0 Å². The molecule has 3 rings (SSSR count). The summed E-state index contributed by atoms with van der Waals surface area (Å²) in [6.45, 7) is 0.852. The highest BCUT2D eigenvalue weighted by molar-refractivity contribution is 7.88. The van der Waals surface area contributed by atoms with Gasteiger partial charge in [-0.3, -0.25) is 0 Å². The van der Waals surface area contributed by atoms with Crippen LogP contribution in [0.25, 0.3) is 0 Å². The number of hydrogen-bond acceptors (Lipinski definition) is 3. The van der Waals surface area contributed by atoms with E-state index in [1.165, 1.54) is 11.1 Å². The minimum atomic E-state index is -3.34. The third-order valence-corrected chi connectivity index (χ3v) is 5.09. The van der Waals surface area contributed by atoms with E-state index in [1.807, 2.05) is 48.5 Å². The summed E-state index contributed by atoms with van der Waals surface area (Å²) < 4.78 is 32.6. The second-order valence-corrected chi connectivity index (χ2v) is 7.31. The summed E-state index contributed by atoms with van der Waals surface area (Å²) in [6.07, 6.45) is 0.629. The molecule has 0 spiro atoms. The van der Waals surface area contributed by atoms with E-state index in [1.54, 1.807) is 0 Å². The molecule has 0 saturated heterocycles. The Kier molecular flexibility index (Phi) is 4.57. The largest absolute Gasteiger partial charge is 0.372 e. The second-order valence-electron chi connectivity index (χ2n) is 5.50. The van der Waals surface area contributed by atoms with E-state index in [-0.39, 0.29) is 11.9 Å². The van der Waals surface area contributed by atoms with Crippen LogP contribution < -0.4 is 4.72 Å². The average Bonchev–Trinajstić information content (AvgIpc) is 2.53. The molecule has 1 aliphatic heterocycles. The maximum absolute atomic E-state index is 12.1.